The molecule has 0 bridgehead atoms. The molecule has 1 aromatic rings. The molecule has 0 spiro atoms. The number of thioether (sulfide) groups is 1. The van der Waals surface area contributed by atoms with Crippen LogP contribution in [0.3, 0.4) is 0 Å². The lowest BCUT2D eigenvalue weighted by Crippen LogP contribution is -2.27. The molecule has 0 aliphatic heterocycles. The summed E-state index contributed by atoms with van der Waals surface area (Å²) in [5, 5.41) is 3.12. The molecule has 0 radical (unpaired) electrons. The first-order valence-corrected chi connectivity index (χ1v) is 8.11. The Morgan fingerprint density at radius 2 is 1.95 bits per heavy atom. The van der Waals surface area contributed by atoms with Crippen molar-refractivity contribution in [1.29, 1.82) is 0 Å². The summed E-state index contributed by atoms with van der Waals surface area (Å²) in [5.41, 5.74) is 0.962. The Morgan fingerprint density at radius 3 is 2.57 bits per heavy atom. The van der Waals surface area contributed by atoms with E-state index in [1.165, 1.54) is 11.8 Å². The molecule has 21 heavy (non-hydrogen) atoms. The zero-order valence-electron chi connectivity index (χ0n) is 12.6. The molecule has 0 aliphatic rings. The maximum atomic E-state index is 11.6. The molecule has 5 heteroatoms. The second-order valence-electron chi connectivity index (χ2n) is 4.80. The van der Waals surface area contributed by atoms with Gasteiger partial charge in [0.15, 0.2) is 5.12 Å². The molecule has 1 amide bonds. The maximum absolute atomic E-state index is 11.6. The molecular weight excluding hydrogens is 286 g/mol. The number of benzene rings is 1. The van der Waals surface area contributed by atoms with Crippen LogP contribution in [0, 0.1) is 0 Å². The number of nitrogens with one attached hydrogen (secondary N) is 1. The van der Waals surface area contributed by atoms with Crippen LogP contribution in [0.5, 0.6) is 0 Å². The molecule has 1 rings (SSSR count). The summed E-state index contributed by atoms with van der Waals surface area (Å²) in [6.45, 7) is 4.47. The molecule has 1 aromatic carbocycles. The van der Waals surface area contributed by atoms with E-state index in [4.69, 9.17) is 4.74 Å². The first-order valence-electron chi connectivity index (χ1n) is 7.23. The molecule has 0 aromatic heterocycles. The van der Waals surface area contributed by atoms with Gasteiger partial charge in [0.1, 0.15) is 6.61 Å². The molecule has 0 saturated heterocycles. The van der Waals surface area contributed by atoms with Crippen LogP contribution in [0.15, 0.2) is 30.3 Å². The Labute approximate surface area is 130 Å². The zero-order chi connectivity index (χ0) is 15.5. The van der Waals surface area contributed by atoms with Crippen LogP contribution in [-0.2, 0) is 16.1 Å². The van der Waals surface area contributed by atoms with Gasteiger partial charge in [-0.25, -0.2) is 4.79 Å². The molecule has 0 aliphatic carbocycles. The summed E-state index contributed by atoms with van der Waals surface area (Å²) in [6, 6.07) is 9.56. The van der Waals surface area contributed by atoms with Crippen LogP contribution in [0.4, 0.5) is 4.79 Å². The van der Waals surface area contributed by atoms with E-state index in [1.807, 2.05) is 30.3 Å². The Hall–Kier alpha value is -1.49. The first-order chi connectivity index (χ1) is 10.1. The van der Waals surface area contributed by atoms with Crippen molar-refractivity contribution in [3.63, 3.8) is 0 Å². The number of amides is 1. The van der Waals surface area contributed by atoms with E-state index in [0.717, 1.165) is 24.8 Å². The second kappa shape index (κ2) is 10.3. The third-order valence-corrected chi connectivity index (χ3v) is 4.03. The SMILES string of the molecule is CCCC(CCNC(=O)OCc1ccccc1)SC(C)=O. The number of carbonyl (C=O) groups excluding carboxylic acids is 2. The average Bonchev–Trinajstić information content (AvgIpc) is 2.46. The molecule has 0 fully saturated rings. The largest absolute Gasteiger partial charge is 0.445 e. The summed E-state index contributed by atoms with van der Waals surface area (Å²) < 4.78 is 5.13. The highest BCUT2D eigenvalue weighted by molar-refractivity contribution is 8.14. The third kappa shape index (κ3) is 8.40. The molecule has 1 N–H and O–H groups in total. The van der Waals surface area contributed by atoms with Crippen molar-refractivity contribution in [1.82, 2.24) is 5.32 Å². The molecule has 0 heterocycles. The van der Waals surface area contributed by atoms with Crippen molar-refractivity contribution in [3.8, 4) is 0 Å². The number of rotatable bonds is 8. The van der Waals surface area contributed by atoms with Crippen LogP contribution in [0.2, 0.25) is 0 Å². The predicted octanol–water partition coefficient (Wildman–Crippen LogP) is 3.75. The fraction of sp³-hybridized carbons (Fsp3) is 0.500. The maximum Gasteiger partial charge on any atom is 0.407 e. The van der Waals surface area contributed by atoms with E-state index in [9.17, 15) is 9.59 Å². The summed E-state index contributed by atoms with van der Waals surface area (Å²) in [6.07, 6.45) is 2.37. The minimum atomic E-state index is -0.415. The fourth-order valence-corrected chi connectivity index (χ4v) is 2.99. The molecule has 1 atom stereocenters. The molecule has 116 valence electrons. The summed E-state index contributed by atoms with van der Waals surface area (Å²) in [7, 11) is 0. The van der Waals surface area contributed by atoms with Crippen molar-refractivity contribution < 1.29 is 14.3 Å². The summed E-state index contributed by atoms with van der Waals surface area (Å²) >= 11 is 1.36. The lowest BCUT2D eigenvalue weighted by Gasteiger charge is -2.14. The van der Waals surface area contributed by atoms with Gasteiger partial charge in [0.25, 0.3) is 0 Å². The van der Waals surface area contributed by atoms with E-state index in [2.05, 4.69) is 12.2 Å². The highest BCUT2D eigenvalue weighted by atomic mass is 32.2. The minimum Gasteiger partial charge on any atom is -0.445 e. The topological polar surface area (TPSA) is 55.4 Å². The lowest BCUT2D eigenvalue weighted by atomic mass is 10.2. The fourth-order valence-electron chi connectivity index (χ4n) is 1.93. The van der Waals surface area contributed by atoms with Gasteiger partial charge in [0.05, 0.1) is 0 Å². The molecule has 4 nitrogen and oxygen atoms in total. The monoisotopic (exact) mass is 309 g/mol. The van der Waals surface area contributed by atoms with Gasteiger partial charge in [0, 0.05) is 18.7 Å². The highest BCUT2D eigenvalue weighted by Crippen LogP contribution is 2.20. The van der Waals surface area contributed by atoms with Crippen molar-refractivity contribution in [2.45, 2.75) is 45.0 Å². The number of hydrogen-bond donors (Lipinski definition) is 1. The van der Waals surface area contributed by atoms with Crippen molar-refractivity contribution >= 4 is 23.0 Å². The van der Waals surface area contributed by atoms with Gasteiger partial charge in [-0.1, -0.05) is 55.4 Å². The number of alkyl carbamates (subject to hydrolysis) is 1. The number of carbonyl (C=O) groups is 2. The second-order valence-corrected chi connectivity index (χ2v) is 6.27. The third-order valence-electron chi connectivity index (χ3n) is 2.89. The minimum absolute atomic E-state index is 0.125. The van der Waals surface area contributed by atoms with Crippen molar-refractivity contribution in [2.24, 2.45) is 0 Å². The number of hydrogen-bond acceptors (Lipinski definition) is 4. The Bertz CT molecular complexity index is 436. The van der Waals surface area contributed by atoms with E-state index in [0.29, 0.717) is 6.54 Å². The van der Waals surface area contributed by atoms with E-state index in [-0.39, 0.29) is 17.0 Å². The van der Waals surface area contributed by atoms with E-state index >= 15 is 0 Å². The van der Waals surface area contributed by atoms with Gasteiger partial charge in [-0.15, -0.1) is 0 Å². The molecule has 1 unspecified atom stereocenters. The van der Waals surface area contributed by atoms with Crippen molar-refractivity contribution in [2.75, 3.05) is 6.54 Å². The smallest absolute Gasteiger partial charge is 0.407 e. The van der Waals surface area contributed by atoms with Crippen LogP contribution < -0.4 is 5.32 Å². The van der Waals surface area contributed by atoms with Gasteiger partial charge >= 0.3 is 6.09 Å². The van der Waals surface area contributed by atoms with Gasteiger partial charge in [-0.05, 0) is 18.4 Å². The lowest BCUT2D eigenvalue weighted by molar-refractivity contribution is -0.109. The Morgan fingerprint density at radius 1 is 1.24 bits per heavy atom. The van der Waals surface area contributed by atoms with E-state index < -0.39 is 6.09 Å². The zero-order valence-corrected chi connectivity index (χ0v) is 13.4. The normalized spacial score (nSPS) is 11.7. The first kappa shape index (κ1) is 17.6. The standard InChI is InChI=1S/C16H23NO3S/c1-3-7-15(21-13(2)18)10-11-17-16(19)20-12-14-8-5-4-6-9-14/h4-6,8-9,15H,3,7,10-12H2,1-2H3,(H,17,19). The van der Waals surface area contributed by atoms with Crippen molar-refractivity contribution in [3.05, 3.63) is 35.9 Å². The van der Waals surface area contributed by atoms with Crippen LogP contribution >= 0.6 is 11.8 Å². The predicted molar refractivity (Wildman–Crippen MR) is 86.2 cm³/mol. The quantitative estimate of drug-likeness (QED) is 0.794. The summed E-state index contributed by atoms with van der Waals surface area (Å²) in [5.74, 6) is 0. The van der Waals surface area contributed by atoms with E-state index in [1.54, 1.807) is 6.92 Å². The van der Waals surface area contributed by atoms with Gasteiger partial charge < -0.3 is 10.1 Å². The number of ether oxygens (including phenoxy) is 1. The summed E-state index contributed by atoms with van der Waals surface area (Å²) in [4.78, 5) is 22.7. The molecular formula is C16H23NO3S. The average molecular weight is 309 g/mol. The van der Waals surface area contributed by atoms with Gasteiger partial charge in [0.2, 0.25) is 0 Å². The van der Waals surface area contributed by atoms with Gasteiger partial charge in [-0.3, -0.25) is 4.79 Å². The Kier molecular flexibility index (Phi) is 8.59. The van der Waals surface area contributed by atoms with Crippen LogP contribution in [0.1, 0.15) is 38.7 Å². The van der Waals surface area contributed by atoms with Crippen LogP contribution in [-0.4, -0.2) is 23.0 Å². The Balaban J connectivity index is 2.21. The van der Waals surface area contributed by atoms with Crippen LogP contribution in [0.25, 0.3) is 0 Å². The van der Waals surface area contributed by atoms with Gasteiger partial charge in [-0.2, -0.15) is 0 Å². The highest BCUT2D eigenvalue weighted by Gasteiger charge is 2.12. The molecule has 0 saturated carbocycles.